The predicted octanol–water partition coefficient (Wildman–Crippen LogP) is 0.491. The number of hydrogen-bond acceptors (Lipinski definition) is 5. The molecule has 0 spiro atoms. The van der Waals surface area contributed by atoms with E-state index in [2.05, 4.69) is 4.98 Å². The fourth-order valence-corrected chi connectivity index (χ4v) is 1.30. The van der Waals surface area contributed by atoms with E-state index in [9.17, 15) is 4.79 Å². The van der Waals surface area contributed by atoms with E-state index in [1.807, 2.05) is 6.07 Å². The molecule has 6 heteroatoms. The van der Waals surface area contributed by atoms with E-state index in [0.717, 1.165) is 0 Å². The smallest absolute Gasteiger partial charge is 0.323 e. The Bertz CT molecular complexity index is 428. The first-order valence-electron chi connectivity index (χ1n) is 4.99. The van der Waals surface area contributed by atoms with E-state index in [0.29, 0.717) is 24.5 Å². The van der Waals surface area contributed by atoms with Gasteiger partial charge in [0.05, 0.1) is 18.2 Å². The molecule has 1 rings (SSSR count). The number of anilines is 1. The zero-order valence-electron chi connectivity index (χ0n) is 9.46. The lowest BCUT2D eigenvalue weighted by atomic mass is 10.3. The highest BCUT2D eigenvalue weighted by Crippen LogP contribution is 2.11. The van der Waals surface area contributed by atoms with Gasteiger partial charge in [-0.1, -0.05) is 0 Å². The molecule has 1 heterocycles. The van der Waals surface area contributed by atoms with Crippen molar-refractivity contribution in [1.29, 1.82) is 5.26 Å². The van der Waals surface area contributed by atoms with Gasteiger partial charge in [-0.05, 0) is 12.1 Å². The van der Waals surface area contributed by atoms with Crippen molar-refractivity contribution in [2.45, 2.75) is 0 Å². The fraction of sp³-hybridized carbons (Fsp3) is 0.364. The average Bonchev–Trinajstić information content (AvgIpc) is 2.34. The highest BCUT2D eigenvalue weighted by molar-refractivity contribution is 5.73. The number of aromatic nitrogens is 1. The Kier molecular flexibility index (Phi) is 4.91. The number of rotatable bonds is 6. The standard InChI is InChI=1S/C11H13N3O3/c1-17-5-4-14(8-11(15)16)10-6-9(7-12)2-3-13-10/h2-3,6H,4-5,8H2,1H3,(H,15,16). The summed E-state index contributed by atoms with van der Waals surface area (Å²) in [5, 5.41) is 17.6. The molecule has 90 valence electrons. The maximum Gasteiger partial charge on any atom is 0.323 e. The number of nitrogens with zero attached hydrogens (tertiary/aromatic N) is 3. The normalized spacial score (nSPS) is 9.65. The third-order valence-corrected chi connectivity index (χ3v) is 2.09. The molecule has 0 fully saturated rings. The summed E-state index contributed by atoms with van der Waals surface area (Å²) in [6.07, 6.45) is 1.48. The molecule has 0 atom stereocenters. The van der Waals surface area contributed by atoms with Crippen LogP contribution in [0.5, 0.6) is 0 Å². The van der Waals surface area contributed by atoms with Crippen molar-refractivity contribution in [3.63, 3.8) is 0 Å². The molecule has 0 radical (unpaired) electrons. The van der Waals surface area contributed by atoms with Crippen LogP contribution >= 0.6 is 0 Å². The molecule has 0 saturated carbocycles. The summed E-state index contributed by atoms with van der Waals surface area (Å²) in [6, 6.07) is 5.11. The van der Waals surface area contributed by atoms with Gasteiger partial charge in [0.1, 0.15) is 12.4 Å². The molecule has 0 aliphatic rings. The summed E-state index contributed by atoms with van der Waals surface area (Å²) in [5.41, 5.74) is 0.447. The Morgan fingerprint density at radius 2 is 2.47 bits per heavy atom. The van der Waals surface area contributed by atoms with Gasteiger partial charge in [-0.2, -0.15) is 5.26 Å². The van der Waals surface area contributed by atoms with Gasteiger partial charge >= 0.3 is 5.97 Å². The summed E-state index contributed by atoms with van der Waals surface area (Å²) in [4.78, 5) is 16.3. The first-order chi connectivity index (χ1) is 8.17. The highest BCUT2D eigenvalue weighted by Gasteiger charge is 2.12. The van der Waals surface area contributed by atoms with Gasteiger partial charge < -0.3 is 14.7 Å². The topological polar surface area (TPSA) is 86.5 Å². The number of carbonyl (C=O) groups is 1. The van der Waals surface area contributed by atoms with Crippen LogP contribution in [0.4, 0.5) is 5.82 Å². The van der Waals surface area contributed by atoms with Gasteiger partial charge in [0.25, 0.3) is 0 Å². The maximum atomic E-state index is 10.7. The lowest BCUT2D eigenvalue weighted by molar-refractivity contribution is -0.135. The summed E-state index contributed by atoms with van der Waals surface area (Å²) in [7, 11) is 1.54. The van der Waals surface area contributed by atoms with Crippen LogP contribution in [-0.4, -0.2) is 42.9 Å². The molecule has 1 N–H and O–H groups in total. The maximum absolute atomic E-state index is 10.7. The largest absolute Gasteiger partial charge is 0.480 e. The number of carboxylic acid groups (broad SMARTS) is 1. The van der Waals surface area contributed by atoms with Crippen molar-refractivity contribution >= 4 is 11.8 Å². The quantitative estimate of drug-likeness (QED) is 0.772. The minimum Gasteiger partial charge on any atom is -0.480 e. The van der Waals surface area contributed by atoms with Gasteiger partial charge in [-0.15, -0.1) is 0 Å². The Labute approximate surface area is 99.1 Å². The van der Waals surface area contributed by atoms with Gasteiger partial charge in [0.15, 0.2) is 0 Å². The predicted molar refractivity (Wildman–Crippen MR) is 60.7 cm³/mol. The van der Waals surface area contributed by atoms with Crippen molar-refractivity contribution < 1.29 is 14.6 Å². The van der Waals surface area contributed by atoms with Gasteiger partial charge in [-0.25, -0.2) is 4.98 Å². The van der Waals surface area contributed by atoms with E-state index in [1.165, 1.54) is 13.3 Å². The average molecular weight is 235 g/mol. The summed E-state index contributed by atoms with van der Waals surface area (Å²) in [5.74, 6) is -0.492. The van der Waals surface area contributed by atoms with E-state index in [1.54, 1.807) is 17.0 Å². The highest BCUT2D eigenvalue weighted by atomic mass is 16.5. The van der Waals surface area contributed by atoms with E-state index in [4.69, 9.17) is 15.1 Å². The van der Waals surface area contributed by atoms with Crippen LogP contribution in [0.3, 0.4) is 0 Å². The third-order valence-electron chi connectivity index (χ3n) is 2.09. The fourth-order valence-electron chi connectivity index (χ4n) is 1.30. The van der Waals surface area contributed by atoms with Gasteiger partial charge in [-0.3, -0.25) is 4.79 Å². The lowest BCUT2D eigenvalue weighted by Gasteiger charge is -2.21. The number of carboxylic acids is 1. The summed E-state index contributed by atoms with van der Waals surface area (Å²) < 4.78 is 4.90. The number of hydrogen-bond donors (Lipinski definition) is 1. The van der Waals surface area contributed by atoms with Crippen molar-refractivity contribution in [3.05, 3.63) is 23.9 Å². The molecule has 0 amide bonds. The Hall–Kier alpha value is -2.13. The Balaban J connectivity index is 2.87. The van der Waals surface area contributed by atoms with Crippen molar-refractivity contribution in [2.24, 2.45) is 0 Å². The van der Waals surface area contributed by atoms with E-state index in [-0.39, 0.29) is 6.54 Å². The molecule has 0 aromatic carbocycles. The zero-order valence-corrected chi connectivity index (χ0v) is 9.46. The number of aliphatic carboxylic acids is 1. The van der Waals surface area contributed by atoms with Gasteiger partial charge in [0, 0.05) is 19.9 Å². The summed E-state index contributed by atoms with van der Waals surface area (Å²) in [6.45, 7) is 0.627. The minimum atomic E-state index is -0.953. The van der Waals surface area contributed by atoms with Crippen LogP contribution < -0.4 is 4.90 Å². The van der Waals surface area contributed by atoms with Crippen LogP contribution in [0.15, 0.2) is 18.3 Å². The molecule has 1 aromatic rings. The first kappa shape index (κ1) is 12.9. The minimum absolute atomic E-state index is 0.175. The zero-order chi connectivity index (χ0) is 12.7. The second-order valence-corrected chi connectivity index (χ2v) is 3.32. The van der Waals surface area contributed by atoms with Crippen molar-refractivity contribution in [2.75, 3.05) is 31.7 Å². The number of ether oxygens (including phenoxy) is 1. The molecule has 0 aliphatic carbocycles. The van der Waals surface area contributed by atoms with Crippen LogP contribution in [-0.2, 0) is 9.53 Å². The van der Waals surface area contributed by atoms with Crippen LogP contribution in [0.1, 0.15) is 5.56 Å². The molecular formula is C11H13N3O3. The Morgan fingerprint density at radius 3 is 3.06 bits per heavy atom. The second kappa shape index (κ2) is 6.45. The van der Waals surface area contributed by atoms with Crippen LogP contribution in [0.2, 0.25) is 0 Å². The van der Waals surface area contributed by atoms with Crippen molar-refractivity contribution in [1.82, 2.24) is 4.98 Å². The van der Waals surface area contributed by atoms with Gasteiger partial charge in [0.2, 0.25) is 0 Å². The van der Waals surface area contributed by atoms with Crippen molar-refractivity contribution in [3.8, 4) is 6.07 Å². The molecular weight excluding hydrogens is 222 g/mol. The SMILES string of the molecule is COCCN(CC(=O)O)c1cc(C#N)ccn1. The molecule has 0 bridgehead atoms. The monoisotopic (exact) mass is 235 g/mol. The number of pyridine rings is 1. The lowest BCUT2D eigenvalue weighted by Crippen LogP contribution is -2.33. The third kappa shape index (κ3) is 4.09. The molecule has 6 nitrogen and oxygen atoms in total. The molecule has 0 aliphatic heterocycles. The van der Waals surface area contributed by atoms with E-state index >= 15 is 0 Å². The van der Waals surface area contributed by atoms with Crippen LogP contribution in [0, 0.1) is 11.3 Å². The second-order valence-electron chi connectivity index (χ2n) is 3.32. The summed E-state index contributed by atoms with van der Waals surface area (Å²) >= 11 is 0. The number of nitriles is 1. The molecule has 0 unspecified atom stereocenters. The van der Waals surface area contributed by atoms with E-state index < -0.39 is 5.97 Å². The number of methoxy groups -OCH3 is 1. The molecule has 1 aromatic heterocycles. The molecule has 17 heavy (non-hydrogen) atoms. The molecule has 0 saturated heterocycles. The first-order valence-corrected chi connectivity index (χ1v) is 4.99. The van der Waals surface area contributed by atoms with Crippen LogP contribution in [0.25, 0.3) is 0 Å². The Morgan fingerprint density at radius 1 is 1.71 bits per heavy atom.